The van der Waals surface area contributed by atoms with Crippen molar-refractivity contribution in [2.24, 2.45) is 5.92 Å². The van der Waals surface area contributed by atoms with Crippen LogP contribution in [0, 0.1) is 16.0 Å². The third kappa shape index (κ3) is 4.73. The summed E-state index contributed by atoms with van der Waals surface area (Å²) in [7, 11) is 1.45. The number of likely N-dealkylation sites (tertiary alicyclic amines) is 1. The minimum atomic E-state index is -0.394. The van der Waals surface area contributed by atoms with Gasteiger partial charge in [0.1, 0.15) is 5.75 Å². The van der Waals surface area contributed by atoms with E-state index in [9.17, 15) is 10.1 Å². The average Bonchev–Trinajstić information content (AvgIpc) is 2.67. The number of rotatable bonds is 7. The summed E-state index contributed by atoms with van der Waals surface area (Å²) in [6, 6.07) is 15.0. The molecule has 138 valence electrons. The molecule has 0 saturated carbocycles. The van der Waals surface area contributed by atoms with E-state index in [-0.39, 0.29) is 5.69 Å². The maximum atomic E-state index is 11.2. The molecular weight excluding hydrogens is 332 g/mol. The molecule has 1 atom stereocenters. The molecular formula is C20H24N2O4. The summed E-state index contributed by atoms with van der Waals surface area (Å²) in [6.45, 7) is 3.34. The Balaban J connectivity index is 1.58. The Kier molecular flexibility index (Phi) is 6.07. The number of piperidine rings is 1. The van der Waals surface area contributed by atoms with Crippen molar-refractivity contribution in [1.29, 1.82) is 0 Å². The van der Waals surface area contributed by atoms with Gasteiger partial charge in [-0.1, -0.05) is 24.3 Å². The lowest BCUT2D eigenvalue weighted by Crippen LogP contribution is -2.37. The van der Waals surface area contributed by atoms with Crippen LogP contribution < -0.4 is 9.47 Å². The van der Waals surface area contributed by atoms with Crippen molar-refractivity contribution in [2.75, 3.05) is 26.8 Å². The van der Waals surface area contributed by atoms with Crippen LogP contribution in [0.25, 0.3) is 0 Å². The molecule has 2 aromatic carbocycles. The summed E-state index contributed by atoms with van der Waals surface area (Å²) >= 11 is 0. The quantitative estimate of drug-likeness (QED) is 0.556. The summed E-state index contributed by atoms with van der Waals surface area (Å²) in [5.74, 6) is 1.67. The predicted octanol–water partition coefficient (Wildman–Crippen LogP) is 3.89. The number of hydrogen-bond donors (Lipinski definition) is 0. The molecule has 1 fully saturated rings. The first kappa shape index (κ1) is 18.2. The molecule has 0 radical (unpaired) electrons. The third-order valence-corrected chi connectivity index (χ3v) is 4.68. The van der Waals surface area contributed by atoms with E-state index in [1.165, 1.54) is 7.11 Å². The van der Waals surface area contributed by atoms with Gasteiger partial charge >= 0.3 is 5.69 Å². The van der Waals surface area contributed by atoms with Gasteiger partial charge in [-0.2, -0.15) is 0 Å². The Morgan fingerprint density at radius 2 is 2.04 bits per heavy atom. The van der Waals surface area contributed by atoms with Gasteiger partial charge in [-0.15, -0.1) is 0 Å². The van der Waals surface area contributed by atoms with Crippen LogP contribution in [0.2, 0.25) is 0 Å². The van der Waals surface area contributed by atoms with E-state index in [1.54, 1.807) is 12.1 Å². The SMILES string of the molecule is COc1ccc(CN2CCCC(COc3ccccc3)C2)cc1[N+](=O)[O-]. The Hall–Kier alpha value is -2.60. The molecule has 1 unspecified atom stereocenters. The van der Waals surface area contributed by atoms with Gasteiger partial charge in [0.05, 0.1) is 18.6 Å². The molecule has 3 rings (SSSR count). The Morgan fingerprint density at radius 3 is 2.77 bits per heavy atom. The van der Waals surface area contributed by atoms with Crippen molar-refractivity contribution in [1.82, 2.24) is 4.90 Å². The van der Waals surface area contributed by atoms with Gasteiger partial charge in [0.15, 0.2) is 5.75 Å². The lowest BCUT2D eigenvalue weighted by molar-refractivity contribution is -0.385. The summed E-state index contributed by atoms with van der Waals surface area (Å²) in [6.07, 6.45) is 2.26. The molecule has 6 heteroatoms. The van der Waals surface area contributed by atoms with Crippen LogP contribution in [0.1, 0.15) is 18.4 Å². The highest BCUT2D eigenvalue weighted by Crippen LogP contribution is 2.29. The van der Waals surface area contributed by atoms with Gasteiger partial charge in [0, 0.05) is 25.1 Å². The van der Waals surface area contributed by atoms with E-state index >= 15 is 0 Å². The van der Waals surface area contributed by atoms with Crippen molar-refractivity contribution >= 4 is 5.69 Å². The zero-order valence-corrected chi connectivity index (χ0v) is 15.0. The number of methoxy groups -OCH3 is 1. The monoisotopic (exact) mass is 356 g/mol. The molecule has 6 nitrogen and oxygen atoms in total. The van der Waals surface area contributed by atoms with Gasteiger partial charge in [-0.05, 0) is 43.1 Å². The highest BCUT2D eigenvalue weighted by atomic mass is 16.6. The van der Waals surface area contributed by atoms with E-state index in [4.69, 9.17) is 9.47 Å². The maximum Gasteiger partial charge on any atom is 0.311 e. The van der Waals surface area contributed by atoms with Gasteiger partial charge in [-0.3, -0.25) is 15.0 Å². The molecule has 2 aromatic rings. The van der Waals surface area contributed by atoms with E-state index in [0.717, 1.165) is 37.2 Å². The molecule has 0 spiro atoms. The van der Waals surface area contributed by atoms with Crippen molar-refractivity contribution in [3.05, 3.63) is 64.2 Å². The molecule has 0 aromatic heterocycles. The number of nitro benzene ring substituents is 1. The molecule has 1 saturated heterocycles. The lowest BCUT2D eigenvalue weighted by Gasteiger charge is -2.32. The van der Waals surface area contributed by atoms with Crippen molar-refractivity contribution in [2.45, 2.75) is 19.4 Å². The summed E-state index contributed by atoms with van der Waals surface area (Å²) in [5, 5.41) is 11.2. The number of para-hydroxylation sites is 1. The average molecular weight is 356 g/mol. The zero-order valence-electron chi connectivity index (χ0n) is 15.0. The van der Waals surface area contributed by atoms with Gasteiger partial charge in [0.25, 0.3) is 0 Å². The van der Waals surface area contributed by atoms with Crippen LogP contribution >= 0.6 is 0 Å². The fourth-order valence-corrected chi connectivity index (χ4v) is 3.40. The molecule has 0 aliphatic carbocycles. The summed E-state index contributed by atoms with van der Waals surface area (Å²) in [5.41, 5.74) is 0.952. The number of nitrogens with zero attached hydrogens (tertiary/aromatic N) is 2. The minimum Gasteiger partial charge on any atom is -0.493 e. The summed E-state index contributed by atoms with van der Waals surface area (Å²) < 4.78 is 11.0. The Morgan fingerprint density at radius 1 is 1.23 bits per heavy atom. The second kappa shape index (κ2) is 8.67. The van der Waals surface area contributed by atoms with Crippen LogP contribution in [0.4, 0.5) is 5.69 Å². The normalized spacial score (nSPS) is 17.7. The highest BCUT2D eigenvalue weighted by molar-refractivity contribution is 5.48. The first-order chi connectivity index (χ1) is 12.7. The van der Waals surface area contributed by atoms with Crippen LogP contribution in [0.3, 0.4) is 0 Å². The molecule has 0 N–H and O–H groups in total. The topological polar surface area (TPSA) is 64.8 Å². The Bertz CT molecular complexity index is 736. The molecule has 0 amide bonds. The molecule has 26 heavy (non-hydrogen) atoms. The number of hydrogen-bond acceptors (Lipinski definition) is 5. The van der Waals surface area contributed by atoms with Crippen molar-refractivity contribution < 1.29 is 14.4 Å². The maximum absolute atomic E-state index is 11.2. The number of benzene rings is 2. The van der Waals surface area contributed by atoms with E-state index < -0.39 is 4.92 Å². The third-order valence-electron chi connectivity index (χ3n) is 4.68. The minimum absolute atomic E-state index is 0.0194. The van der Waals surface area contributed by atoms with Gasteiger partial charge < -0.3 is 9.47 Å². The highest BCUT2D eigenvalue weighted by Gasteiger charge is 2.22. The van der Waals surface area contributed by atoms with Crippen molar-refractivity contribution in [3.8, 4) is 11.5 Å². The van der Waals surface area contributed by atoms with Crippen molar-refractivity contribution in [3.63, 3.8) is 0 Å². The Labute approximate surface area is 153 Å². The molecule has 0 bridgehead atoms. The van der Waals surface area contributed by atoms with E-state index in [1.807, 2.05) is 36.4 Å². The van der Waals surface area contributed by atoms with Crippen LogP contribution in [-0.4, -0.2) is 36.6 Å². The van der Waals surface area contributed by atoms with Gasteiger partial charge in [-0.25, -0.2) is 0 Å². The van der Waals surface area contributed by atoms with Crippen LogP contribution in [0.15, 0.2) is 48.5 Å². The first-order valence-electron chi connectivity index (χ1n) is 8.87. The fourth-order valence-electron chi connectivity index (χ4n) is 3.40. The predicted molar refractivity (Wildman–Crippen MR) is 99.6 cm³/mol. The smallest absolute Gasteiger partial charge is 0.311 e. The van der Waals surface area contributed by atoms with Gasteiger partial charge in [0.2, 0.25) is 0 Å². The van der Waals surface area contributed by atoms with Crippen LogP contribution in [-0.2, 0) is 6.54 Å². The standard InChI is InChI=1S/C20H24N2O4/c1-25-20-10-9-16(12-19(20)22(23)24)13-21-11-5-6-17(14-21)15-26-18-7-3-2-4-8-18/h2-4,7-10,12,17H,5-6,11,13-15H2,1H3. The largest absolute Gasteiger partial charge is 0.493 e. The van der Waals surface area contributed by atoms with Crippen LogP contribution in [0.5, 0.6) is 11.5 Å². The first-order valence-corrected chi connectivity index (χ1v) is 8.87. The zero-order chi connectivity index (χ0) is 18.4. The number of nitro groups is 1. The molecule has 1 heterocycles. The molecule has 1 aliphatic rings. The molecule has 1 aliphatic heterocycles. The second-order valence-electron chi connectivity index (χ2n) is 6.63. The summed E-state index contributed by atoms with van der Waals surface area (Å²) in [4.78, 5) is 13.1. The van der Waals surface area contributed by atoms with E-state index in [0.29, 0.717) is 24.8 Å². The van der Waals surface area contributed by atoms with E-state index in [2.05, 4.69) is 4.90 Å². The second-order valence-corrected chi connectivity index (χ2v) is 6.63. The fraction of sp³-hybridized carbons (Fsp3) is 0.400. The number of ether oxygens (including phenoxy) is 2. The lowest BCUT2D eigenvalue weighted by atomic mass is 9.98.